The predicted molar refractivity (Wildman–Crippen MR) is 202 cm³/mol. The van der Waals surface area contributed by atoms with E-state index in [1.54, 1.807) is 0 Å². The molecule has 1 spiro atoms. The van der Waals surface area contributed by atoms with Crippen molar-refractivity contribution in [3.8, 4) is 33.8 Å². The maximum absolute atomic E-state index is 14.4. The number of hydrogen-bond acceptors (Lipinski definition) is 3. The molecule has 3 aliphatic rings. The number of benzene rings is 8. The van der Waals surface area contributed by atoms with Crippen molar-refractivity contribution in [1.82, 2.24) is 0 Å². The van der Waals surface area contributed by atoms with Gasteiger partial charge in [0.05, 0.1) is 0 Å². The van der Waals surface area contributed by atoms with E-state index in [0.29, 0.717) is 11.5 Å². The predicted octanol–water partition coefficient (Wildman–Crippen LogP) is 11.7. The number of phosphoric ester groups is 1. The van der Waals surface area contributed by atoms with Crippen molar-refractivity contribution in [2.24, 2.45) is 0 Å². The fraction of sp³-hybridized carbons (Fsp3) is 0.111. The van der Waals surface area contributed by atoms with Gasteiger partial charge in [-0.05, 0) is 103 Å². The van der Waals surface area contributed by atoms with Crippen molar-refractivity contribution in [3.05, 3.63) is 156 Å². The van der Waals surface area contributed by atoms with E-state index >= 15 is 0 Å². The van der Waals surface area contributed by atoms with Crippen LogP contribution in [0.1, 0.15) is 35.1 Å². The lowest BCUT2D eigenvalue weighted by Gasteiger charge is -2.35. The highest BCUT2D eigenvalue weighted by atomic mass is 31.2. The Hall–Kier alpha value is -5.41. The lowest BCUT2D eigenvalue weighted by atomic mass is 9.74. The third kappa shape index (κ3) is 3.84. The minimum atomic E-state index is -4.67. The summed E-state index contributed by atoms with van der Waals surface area (Å²) in [5.41, 5.74) is 7.64. The van der Waals surface area contributed by atoms with E-state index in [1.165, 1.54) is 21.9 Å². The normalized spacial score (nSPS) is 16.5. The Morgan fingerprint density at radius 1 is 0.480 bits per heavy atom. The minimum Gasteiger partial charge on any atom is -0.394 e. The zero-order valence-corrected chi connectivity index (χ0v) is 28.0. The van der Waals surface area contributed by atoms with Crippen LogP contribution in [0.5, 0.6) is 11.5 Å². The molecule has 0 saturated carbocycles. The van der Waals surface area contributed by atoms with Gasteiger partial charge in [0.1, 0.15) is 11.5 Å². The first-order valence-corrected chi connectivity index (χ1v) is 18.9. The van der Waals surface area contributed by atoms with Gasteiger partial charge in [0.15, 0.2) is 0 Å². The van der Waals surface area contributed by atoms with E-state index < -0.39 is 13.2 Å². The summed E-state index contributed by atoms with van der Waals surface area (Å²) in [4.78, 5) is 11.8. The van der Waals surface area contributed by atoms with Gasteiger partial charge in [-0.25, -0.2) is 4.57 Å². The SMILES string of the molecule is O=P1(O)Oc2c(-c3cc4ccccc4c4ccccc34)ccc3c2C2(CC3)CCc3ccc(-c4cc5ccccc5c5ccccc45)c(c32)O1. The highest BCUT2D eigenvalue weighted by molar-refractivity contribution is 7.48. The van der Waals surface area contributed by atoms with Crippen LogP contribution in [0.2, 0.25) is 0 Å². The van der Waals surface area contributed by atoms with Crippen molar-refractivity contribution in [3.63, 3.8) is 0 Å². The van der Waals surface area contributed by atoms with Crippen LogP contribution in [-0.4, -0.2) is 4.89 Å². The number of rotatable bonds is 2. The van der Waals surface area contributed by atoms with Crippen LogP contribution in [0.3, 0.4) is 0 Å². The molecule has 240 valence electrons. The van der Waals surface area contributed by atoms with E-state index in [2.05, 4.69) is 133 Å². The standard InChI is InChI=1S/C45H31O4P/c46-50(47)48-43-37(39-25-29-9-1-3-11-31(29)33-13-5-7-15-35(33)39)19-17-27-21-23-45(41(27)43)24-22-28-18-20-38(44(49-50)42(28)45)40-26-30-10-2-4-12-32(30)34-14-6-8-16-36(34)40/h1-20,25-26H,21-24H2,(H,46,47). The average molecular weight is 667 g/mol. The Labute approximate surface area is 289 Å². The largest absolute Gasteiger partial charge is 0.584 e. The summed E-state index contributed by atoms with van der Waals surface area (Å²) in [6.07, 6.45) is 3.51. The third-order valence-corrected chi connectivity index (χ3v) is 12.4. The number of aryl methyl sites for hydroxylation is 2. The summed E-state index contributed by atoms with van der Waals surface area (Å²) in [7, 11) is -4.67. The molecule has 0 saturated heterocycles. The first kappa shape index (κ1) is 28.4. The summed E-state index contributed by atoms with van der Waals surface area (Å²) in [6.45, 7) is 0. The first-order chi connectivity index (χ1) is 24.5. The van der Waals surface area contributed by atoms with Crippen LogP contribution in [0.15, 0.2) is 133 Å². The zero-order chi connectivity index (χ0) is 33.2. The van der Waals surface area contributed by atoms with E-state index in [1.807, 2.05) is 0 Å². The van der Waals surface area contributed by atoms with Crippen LogP contribution in [0.25, 0.3) is 65.3 Å². The van der Waals surface area contributed by atoms with Crippen LogP contribution in [0.4, 0.5) is 0 Å². The molecular weight excluding hydrogens is 635 g/mol. The maximum Gasteiger partial charge on any atom is 0.584 e. The average Bonchev–Trinajstić information content (AvgIpc) is 3.71. The van der Waals surface area contributed by atoms with Gasteiger partial charge in [0.2, 0.25) is 0 Å². The fourth-order valence-electron chi connectivity index (χ4n) is 9.58. The molecule has 2 aliphatic carbocycles. The number of fused-ring (bicyclic) bond motifs is 6. The van der Waals surface area contributed by atoms with Crippen molar-refractivity contribution >= 4 is 50.9 Å². The van der Waals surface area contributed by atoms with Gasteiger partial charge in [-0.3, -0.25) is 4.89 Å². The second kappa shape index (κ2) is 10.1. The zero-order valence-electron chi connectivity index (χ0n) is 27.1. The molecule has 0 aromatic heterocycles. The smallest absolute Gasteiger partial charge is 0.394 e. The summed E-state index contributed by atoms with van der Waals surface area (Å²) >= 11 is 0. The third-order valence-electron chi connectivity index (χ3n) is 11.6. The summed E-state index contributed by atoms with van der Waals surface area (Å²) in [5.74, 6) is 0.956. The lowest BCUT2D eigenvalue weighted by molar-refractivity contribution is 0.281. The van der Waals surface area contributed by atoms with E-state index in [-0.39, 0.29) is 0 Å². The molecular formula is C45H31O4P. The molecule has 50 heavy (non-hydrogen) atoms. The molecule has 0 bridgehead atoms. The monoisotopic (exact) mass is 666 g/mol. The summed E-state index contributed by atoms with van der Waals surface area (Å²) < 4.78 is 27.2. The maximum atomic E-state index is 14.4. The highest BCUT2D eigenvalue weighted by Gasteiger charge is 2.52. The fourth-order valence-corrected chi connectivity index (χ4v) is 10.5. The van der Waals surface area contributed by atoms with Gasteiger partial charge >= 0.3 is 7.82 Å². The van der Waals surface area contributed by atoms with Crippen molar-refractivity contribution in [1.29, 1.82) is 0 Å². The van der Waals surface area contributed by atoms with Crippen LogP contribution in [0, 0.1) is 0 Å². The van der Waals surface area contributed by atoms with Crippen LogP contribution < -0.4 is 9.05 Å². The molecule has 1 aliphatic heterocycles. The minimum absolute atomic E-state index is 0.402. The summed E-state index contributed by atoms with van der Waals surface area (Å²) in [5, 5.41) is 8.99. The van der Waals surface area contributed by atoms with Gasteiger partial charge in [0.25, 0.3) is 0 Å². The van der Waals surface area contributed by atoms with Gasteiger partial charge in [-0.15, -0.1) is 0 Å². The molecule has 0 unspecified atom stereocenters. The number of phosphoric acid groups is 1. The molecule has 4 nitrogen and oxygen atoms in total. The molecule has 5 heteroatoms. The molecule has 1 heterocycles. The van der Waals surface area contributed by atoms with Gasteiger partial charge in [0, 0.05) is 27.7 Å². The van der Waals surface area contributed by atoms with Crippen molar-refractivity contribution in [2.45, 2.75) is 31.1 Å². The van der Waals surface area contributed by atoms with E-state index in [9.17, 15) is 9.46 Å². The molecule has 11 rings (SSSR count). The second-order valence-corrected chi connectivity index (χ2v) is 15.4. The highest BCUT2D eigenvalue weighted by Crippen LogP contribution is 2.66. The molecule has 0 atom stereocenters. The van der Waals surface area contributed by atoms with Crippen LogP contribution >= 0.6 is 7.82 Å². The molecule has 0 amide bonds. The van der Waals surface area contributed by atoms with Crippen molar-refractivity contribution < 1.29 is 18.5 Å². The number of hydrogen-bond donors (Lipinski definition) is 1. The Kier molecular flexibility index (Phi) is 5.73. The lowest BCUT2D eigenvalue weighted by Crippen LogP contribution is -2.25. The van der Waals surface area contributed by atoms with E-state index in [0.717, 1.165) is 91.4 Å². The quantitative estimate of drug-likeness (QED) is 0.147. The van der Waals surface area contributed by atoms with Crippen LogP contribution in [-0.2, 0) is 22.8 Å². The van der Waals surface area contributed by atoms with Crippen molar-refractivity contribution in [2.75, 3.05) is 0 Å². The topological polar surface area (TPSA) is 55.8 Å². The molecule has 0 radical (unpaired) electrons. The Balaban J connectivity index is 1.21. The Morgan fingerprint density at radius 3 is 1.34 bits per heavy atom. The Bertz CT molecular complexity index is 2640. The second-order valence-electron chi connectivity index (χ2n) is 14.1. The van der Waals surface area contributed by atoms with E-state index in [4.69, 9.17) is 9.05 Å². The van der Waals surface area contributed by atoms with Gasteiger partial charge in [-0.1, -0.05) is 121 Å². The van der Waals surface area contributed by atoms with Gasteiger partial charge < -0.3 is 9.05 Å². The Morgan fingerprint density at radius 2 is 0.880 bits per heavy atom. The molecule has 8 aromatic carbocycles. The molecule has 0 fully saturated rings. The first-order valence-electron chi connectivity index (χ1n) is 17.4. The molecule has 8 aromatic rings. The van der Waals surface area contributed by atoms with Gasteiger partial charge in [-0.2, -0.15) is 0 Å². The molecule has 1 N–H and O–H groups in total. The summed E-state index contributed by atoms with van der Waals surface area (Å²) in [6, 6.07) is 46.6.